The second kappa shape index (κ2) is 7.95. The second-order valence-electron chi connectivity index (χ2n) is 6.74. The smallest absolute Gasteiger partial charge is 0.222 e. The predicted molar refractivity (Wildman–Crippen MR) is 92.2 cm³/mol. The van der Waals surface area contributed by atoms with E-state index in [9.17, 15) is 18.7 Å². The number of benzene rings is 1. The van der Waals surface area contributed by atoms with Crippen LogP contribution in [0.4, 0.5) is 8.78 Å². The van der Waals surface area contributed by atoms with E-state index in [4.69, 9.17) is 0 Å². The molecule has 140 valence electrons. The molecule has 1 heterocycles. The maximum absolute atomic E-state index is 14.2. The number of imidazole rings is 1. The summed E-state index contributed by atoms with van der Waals surface area (Å²) in [5.41, 5.74) is 0.258. The van der Waals surface area contributed by atoms with Crippen molar-refractivity contribution in [2.45, 2.75) is 51.3 Å². The van der Waals surface area contributed by atoms with E-state index < -0.39 is 23.8 Å². The first-order valence-corrected chi connectivity index (χ1v) is 8.90. The van der Waals surface area contributed by atoms with Gasteiger partial charge >= 0.3 is 0 Å². The Labute approximate surface area is 151 Å². The minimum Gasteiger partial charge on any atom is -0.393 e. The summed E-state index contributed by atoms with van der Waals surface area (Å²) >= 11 is 0. The number of amides is 1. The van der Waals surface area contributed by atoms with Crippen LogP contribution in [0.2, 0.25) is 0 Å². The van der Waals surface area contributed by atoms with E-state index in [1.807, 2.05) is 17.7 Å². The van der Waals surface area contributed by atoms with Crippen LogP contribution >= 0.6 is 0 Å². The SMILES string of the molecule is CCc1nccn1CCC(=O)NC(c1ccc(F)cc1F)C1CC(O)C1. The number of halogens is 2. The van der Waals surface area contributed by atoms with Crippen LogP contribution in [0.15, 0.2) is 30.6 Å². The van der Waals surface area contributed by atoms with Gasteiger partial charge < -0.3 is 15.0 Å². The van der Waals surface area contributed by atoms with Gasteiger partial charge in [0.25, 0.3) is 0 Å². The van der Waals surface area contributed by atoms with Crippen LogP contribution in [-0.4, -0.2) is 26.7 Å². The fourth-order valence-electron chi connectivity index (χ4n) is 3.43. The molecule has 1 aromatic carbocycles. The maximum Gasteiger partial charge on any atom is 0.222 e. The molecule has 26 heavy (non-hydrogen) atoms. The number of aryl methyl sites for hydroxylation is 2. The number of aromatic nitrogens is 2. The molecule has 2 N–H and O–H groups in total. The van der Waals surface area contributed by atoms with Gasteiger partial charge in [-0.1, -0.05) is 13.0 Å². The van der Waals surface area contributed by atoms with Crippen LogP contribution in [0.25, 0.3) is 0 Å². The molecule has 1 aromatic heterocycles. The van der Waals surface area contributed by atoms with E-state index in [0.717, 1.165) is 18.3 Å². The van der Waals surface area contributed by atoms with E-state index in [1.165, 1.54) is 12.1 Å². The topological polar surface area (TPSA) is 67.2 Å². The molecule has 1 saturated carbocycles. The van der Waals surface area contributed by atoms with Crippen molar-refractivity contribution in [3.05, 3.63) is 53.6 Å². The van der Waals surface area contributed by atoms with Crippen LogP contribution in [0.3, 0.4) is 0 Å². The Morgan fingerprint density at radius 3 is 2.85 bits per heavy atom. The lowest BCUT2D eigenvalue weighted by Gasteiger charge is -2.38. The summed E-state index contributed by atoms with van der Waals surface area (Å²) in [5, 5.41) is 12.4. The molecular weight excluding hydrogens is 340 g/mol. The Bertz CT molecular complexity index is 772. The number of carbonyl (C=O) groups is 1. The van der Waals surface area contributed by atoms with Crippen molar-refractivity contribution in [3.8, 4) is 0 Å². The minimum atomic E-state index is -0.681. The standard InChI is InChI=1S/C19H23F2N3O2/c1-2-17-22-6-8-24(17)7-5-18(26)23-19(12-9-14(25)10-12)15-4-3-13(20)11-16(15)21/h3-4,6,8,11-12,14,19,25H,2,5,7,9-10H2,1H3,(H,23,26). The lowest BCUT2D eigenvalue weighted by Crippen LogP contribution is -2.42. The summed E-state index contributed by atoms with van der Waals surface area (Å²) in [4.78, 5) is 16.6. The molecule has 1 aliphatic carbocycles. The summed E-state index contributed by atoms with van der Waals surface area (Å²) < 4.78 is 29.3. The van der Waals surface area contributed by atoms with Crippen molar-refractivity contribution in [2.75, 3.05) is 0 Å². The Kier molecular flexibility index (Phi) is 5.66. The molecule has 1 aliphatic rings. The summed E-state index contributed by atoms with van der Waals surface area (Å²) in [6.45, 7) is 2.48. The first kappa shape index (κ1) is 18.5. The van der Waals surface area contributed by atoms with E-state index in [0.29, 0.717) is 19.4 Å². The lowest BCUT2D eigenvalue weighted by molar-refractivity contribution is -0.123. The number of nitrogens with zero attached hydrogens (tertiary/aromatic N) is 2. The van der Waals surface area contributed by atoms with Gasteiger partial charge in [0.1, 0.15) is 17.5 Å². The van der Waals surface area contributed by atoms with E-state index in [2.05, 4.69) is 10.3 Å². The largest absolute Gasteiger partial charge is 0.393 e. The number of hydrogen-bond donors (Lipinski definition) is 2. The van der Waals surface area contributed by atoms with Crippen LogP contribution in [0.1, 0.15) is 43.6 Å². The molecule has 2 aromatic rings. The number of aliphatic hydroxyl groups is 1. The zero-order chi connectivity index (χ0) is 18.7. The lowest BCUT2D eigenvalue weighted by atomic mass is 9.75. The zero-order valence-corrected chi connectivity index (χ0v) is 14.7. The van der Waals surface area contributed by atoms with E-state index in [1.54, 1.807) is 6.20 Å². The quantitative estimate of drug-likeness (QED) is 0.795. The first-order valence-electron chi connectivity index (χ1n) is 8.90. The van der Waals surface area contributed by atoms with Crippen LogP contribution in [0, 0.1) is 17.6 Å². The second-order valence-corrected chi connectivity index (χ2v) is 6.74. The molecule has 5 nitrogen and oxygen atoms in total. The molecule has 1 fully saturated rings. The minimum absolute atomic E-state index is 0.0617. The molecule has 0 aliphatic heterocycles. The third-order valence-electron chi connectivity index (χ3n) is 4.93. The molecule has 1 amide bonds. The summed E-state index contributed by atoms with van der Waals surface area (Å²) in [7, 11) is 0. The number of carbonyl (C=O) groups excluding carboxylic acids is 1. The van der Waals surface area contributed by atoms with Crippen molar-refractivity contribution < 1.29 is 18.7 Å². The normalized spacial score (nSPS) is 20.5. The number of rotatable bonds is 7. The van der Waals surface area contributed by atoms with Crippen molar-refractivity contribution in [1.82, 2.24) is 14.9 Å². The highest BCUT2D eigenvalue weighted by molar-refractivity contribution is 5.76. The molecular formula is C19H23F2N3O2. The fourth-order valence-corrected chi connectivity index (χ4v) is 3.43. The average molecular weight is 363 g/mol. The predicted octanol–water partition coefficient (Wildman–Crippen LogP) is 2.74. The van der Waals surface area contributed by atoms with Crippen LogP contribution < -0.4 is 5.32 Å². The molecule has 1 unspecified atom stereocenters. The third-order valence-corrected chi connectivity index (χ3v) is 4.93. The average Bonchev–Trinajstić information content (AvgIpc) is 3.03. The highest BCUT2D eigenvalue weighted by Gasteiger charge is 2.36. The Morgan fingerprint density at radius 1 is 1.42 bits per heavy atom. The molecule has 0 radical (unpaired) electrons. The highest BCUT2D eigenvalue weighted by Crippen LogP contribution is 2.39. The maximum atomic E-state index is 14.2. The number of nitrogens with one attached hydrogen (secondary N) is 1. The van der Waals surface area contributed by atoms with Crippen molar-refractivity contribution in [3.63, 3.8) is 0 Å². The summed E-state index contributed by atoms with van der Waals surface area (Å²) in [6, 6.07) is 2.81. The monoisotopic (exact) mass is 363 g/mol. The molecule has 0 bridgehead atoms. The van der Waals surface area contributed by atoms with Gasteiger partial charge in [-0.25, -0.2) is 13.8 Å². The molecule has 3 rings (SSSR count). The Balaban J connectivity index is 1.68. The Hall–Kier alpha value is -2.28. The zero-order valence-electron chi connectivity index (χ0n) is 14.7. The number of aliphatic hydroxyl groups excluding tert-OH is 1. The van der Waals surface area contributed by atoms with Gasteiger partial charge in [-0.15, -0.1) is 0 Å². The van der Waals surface area contributed by atoms with Gasteiger partial charge in [-0.05, 0) is 24.8 Å². The van der Waals surface area contributed by atoms with Crippen molar-refractivity contribution >= 4 is 5.91 Å². The van der Waals surface area contributed by atoms with Gasteiger partial charge in [0.05, 0.1) is 12.1 Å². The third kappa shape index (κ3) is 4.09. The fraction of sp³-hybridized carbons (Fsp3) is 0.474. The molecule has 1 atom stereocenters. The van der Waals surface area contributed by atoms with Gasteiger partial charge in [0.2, 0.25) is 5.91 Å². The number of hydrogen-bond acceptors (Lipinski definition) is 3. The Morgan fingerprint density at radius 2 is 2.19 bits per heavy atom. The summed E-state index contributed by atoms with van der Waals surface area (Å²) in [5.74, 6) is -0.706. The summed E-state index contributed by atoms with van der Waals surface area (Å²) in [6.07, 6.45) is 5.08. The molecule has 7 heteroatoms. The van der Waals surface area contributed by atoms with Gasteiger partial charge in [-0.3, -0.25) is 4.79 Å². The first-order chi connectivity index (χ1) is 12.5. The van der Waals surface area contributed by atoms with Crippen molar-refractivity contribution in [2.24, 2.45) is 5.92 Å². The molecule has 0 saturated heterocycles. The van der Waals surface area contributed by atoms with E-state index in [-0.39, 0.29) is 23.8 Å². The van der Waals surface area contributed by atoms with E-state index >= 15 is 0 Å². The van der Waals surface area contributed by atoms with Crippen LogP contribution in [0.5, 0.6) is 0 Å². The van der Waals surface area contributed by atoms with Gasteiger partial charge in [0, 0.05) is 43.4 Å². The van der Waals surface area contributed by atoms with Gasteiger partial charge in [0.15, 0.2) is 0 Å². The highest BCUT2D eigenvalue weighted by atomic mass is 19.1. The van der Waals surface area contributed by atoms with Crippen LogP contribution in [-0.2, 0) is 17.8 Å². The van der Waals surface area contributed by atoms with Gasteiger partial charge in [-0.2, -0.15) is 0 Å². The van der Waals surface area contributed by atoms with Crippen molar-refractivity contribution in [1.29, 1.82) is 0 Å². The molecule has 0 spiro atoms.